The summed E-state index contributed by atoms with van der Waals surface area (Å²) in [7, 11) is 4.45. The molecule has 0 saturated heterocycles. The van der Waals surface area contributed by atoms with Gasteiger partial charge in [0, 0.05) is 21.8 Å². The van der Waals surface area contributed by atoms with Gasteiger partial charge in [0.25, 0.3) is 5.91 Å². The third kappa shape index (κ3) is 4.50. The first-order valence-corrected chi connectivity index (χ1v) is 9.50. The number of aliphatic hydroxyl groups excluding tert-OH is 1. The highest BCUT2D eigenvalue weighted by Gasteiger charge is 2.20. The van der Waals surface area contributed by atoms with E-state index < -0.39 is 12.0 Å². The van der Waals surface area contributed by atoms with Crippen LogP contribution in [-0.4, -0.2) is 32.3 Å². The molecule has 3 rings (SSSR count). The van der Waals surface area contributed by atoms with Gasteiger partial charge < -0.3 is 24.6 Å². The number of hydrogen-bond acceptors (Lipinski definition) is 5. The fourth-order valence-electron chi connectivity index (χ4n) is 3.10. The molecular weight excluding hydrogens is 406 g/mol. The van der Waals surface area contributed by atoms with Crippen molar-refractivity contribution in [2.24, 2.45) is 0 Å². The first kappa shape index (κ1) is 21.5. The van der Waals surface area contributed by atoms with E-state index in [1.807, 2.05) is 18.2 Å². The zero-order chi connectivity index (χ0) is 21.7. The van der Waals surface area contributed by atoms with Crippen LogP contribution in [0.15, 0.2) is 60.7 Å². The van der Waals surface area contributed by atoms with Gasteiger partial charge in [0.05, 0.1) is 21.3 Å². The van der Waals surface area contributed by atoms with Gasteiger partial charge in [-0.25, -0.2) is 0 Å². The number of methoxy groups -OCH3 is 3. The molecule has 1 amide bonds. The van der Waals surface area contributed by atoms with Crippen LogP contribution in [0.1, 0.15) is 27.6 Å². The quantitative estimate of drug-likeness (QED) is 0.571. The van der Waals surface area contributed by atoms with Crippen molar-refractivity contribution in [3.05, 3.63) is 82.4 Å². The highest BCUT2D eigenvalue weighted by molar-refractivity contribution is 6.30. The van der Waals surface area contributed by atoms with E-state index in [1.54, 1.807) is 42.5 Å². The summed E-state index contributed by atoms with van der Waals surface area (Å²) >= 11 is 6.14. The van der Waals surface area contributed by atoms with Gasteiger partial charge in [0.1, 0.15) is 6.10 Å². The average Bonchev–Trinajstić information content (AvgIpc) is 2.79. The zero-order valence-corrected chi connectivity index (χ0v) is 17.6. The Morgan fingerprint density at radius 3 is 2.13 bits per heavy atom. The Morgan fingerprint density at radius 2 is 1.57 bits per heavy atom. The molecule has 0 aliphatic carbocycles. The van der Waals surface area contributed by atoms with E-state index in [1.165, 1.54) is 21.3 Å². The van der Waals surface area contributed by atoms with Gasteiger partial charge in [0.2, 0.25) is 5.75 Å². The van der Waals surface area contributed by atoms with Crippen LogP contribution < -0.4 is 19.5 Å². The largest absolute Gasteiger partial charge is 0.493 e. The number of aliphatic hydroxyl groups is 1. The summed E-state index contributed by atoms with van der Waals surface area (Å²) in [5, 5.41) is 14.1. The van der Waals surface area contributed by atoms with Crippen LogP contribution >= 0.6 is 11.6 Å². The van der Waals surface area contributed by atoms with Crippen LogP contribution in [-0.2, 0) is 0 Å². The van der Waals surface area contributed by atoms with Crippen LogP contribution in [0.5, 0.6) is 17.2 Å². The summed E-state index contributed by atoms with van der Waals surface area (Å²) in [6.07, 6.45) is -0.958. The number of hydrogen-bond donors (Lipinski definition) is 2. The summed E-state index contributed by atoms with van der Waals surface area (Å²) < 4.78 is 15.9. The van der Waals surface area contributed by atoms with Gasteiger partial charge in [-0.3, -0.25) is 4.79 Å². The van der Waals surface area contributed by atoms with Crippen molar-refractivity contribution in [1.29, 1.82) is 0 Å². The average molecular weight is 428 g/mol. The molecule has 6 nitrogen and oxygen atoms in total. The molecule has 0 saturated carbocycles. The second-order valence-corrected chi connectivity index (χ2v) is 6.85. The van der Waals surface area contributed by atoms with Crippen molar-refractivity contribution in [1.82, 2.24) is 0 Å². The molecular formula is C23H22ClNO5. The first-order valence-electron chi connectivity index (χ1n) is 9.12. The predicted octanol–water partition coefficient (Wildman–Crippen LogP) is 4.70. The number of anilines is 1. The molecule has 30 heavy (non-hydrogen) atoms. The Kier molecular flexibility index (Phi) is 6.82. The number of ether oxygens (including phenoxy) is 3. The third-order valence-corrected chi connectivity index (χ3v) is 4.83. The number of nitrogens with one attached hydrogen (secondary N) is 1. The Hall–Kier alpha value is -3.22. The molecule has 0 heterocycles. The maximum atomic E-state index is 13.0. The Labute approximate surface area is 180 Å². The van der Waals surface area contributed by atoms with Crippen molar-refractivity contribution in [2.75, 3.05) is 26.6 Å². The number of benzene rings is 3. The van der Waals surface area contributed by atoms with Crippen molar-refractivity contribution in [3.8, 4) is 17.2 Å². The number of amides is 1. The van der Waals surface area contributed by atoms with Crippen LogP contribution in [0, 0.1) is 0 Å². The molecule has 0 aliphatic rings. The van der Waals surface area contributed by atoms with E-state index in [0.717, 1.165) is 0 Å². The molecule has 2 N–H and O–H groups in total. The first-order chi connectivity index (χ1) is 14.5. The van der Waals surface area contributed by atoms with E-state index in [4.69, 9.17) is 25.8 Å². The minimum atomic E-state index is -0.958. The highest BCUT2D eigenvalue weighted by atomic mass is 35.5. The van der Waals surface area contributed by atoms with E-state index in [-0.39, 0.29) is 0 Å². The fraction of sp³-hybridized carbons (Fsp3) is 0.174. The van der Waals surface area contributed by atoms with Gasteiger partial charge in [-0.1, -0.05) is 41.9 Å². The molecule has 0 aromatic heterocycles. The standard InChI is InChI=1S/C23H22ClNO5/c1-28-19-11-15(12-20(29-2)22(19)30-3)23(27)25-18-10-9-16(24)13-17(18)21(26)14-7-5-4-6-8-14/h4-13,21,26H,1-3H3,(H,25,27). The molecule has 3 aromatic carbocycles. The molecule has 0 fully saturated rings. The summed E-state index contributed by atoms with van der Waals surface area (Å²) in [5.74, 6) is 0.714. The minimum absolute atomic E-state index is 0.305. The second kappa shape index (κ2) is 9.52. The Morgan fingerprint density at radius 1 is 0.933 bits per heavy atom. The normalized spacial score (nSPS) is 11.5. The molecule has 0 aliphatic heterocycles. The SMILES string of the molecule is COc1cc(C(=O)Nc2ccc(Cl)cc2C(O)c2ccccc2)cc(OC)c1OC. The Bertz CT molecular complexity index is 1010. The lowest BCUT2D eigenvalue weighted by Crippen LogP contribution is -2.15. The van der Waals surface area contributed by atoms with Gasteiger partial charge in [-0.05, 0) is 35.9 Å². The molecule has 0 bridgehead atoms. The predicted molar refractivity (Wildman–Crippen MR) is 116 cm³/mol. The summed E-state index contributed by atoms with van der Waals surface area (Å²) in [4.78, 5) is 13.0. The van der Waals surface area contributed by atoms with E-state index in [2.05, 4.69) is 5.32 Å². The van der Waals surface area contributed by atoms with Crippen molar-refractivity contribution in [3.63, 3.8) is 0 Å². The summed E-state index contributed by atoms with van der Waals surface area (Å²) in [6, 6.07) is 17.2. The van der Waals surface area contributed by atoms with E-state index >= 15 is 0 Å². The number of halogens is 1. The number of carbonyl (C=O) groups excluding carboxylic acids is 1. The number of carbonyl (C=O) groups is 1. The molecule has 7 heteroatoms. The van der Waals surface area contributed by atoms with Crippen molar-refractivity contribution in [2.45, 2.75) is 6.10 Å². The minimum Gasteiger partial charge on any atom is -0.493 e. The topological polar surface area (TPSA) is 77.0 Å². The lowest BCUT2D eigenvalue weighted by Gasteiger charge is -2.18. The van der Waals surface area contributed by atoms with E-state index in [9.17, 15) is 9.90 Å². The molecule has 3 aromatic rings. The summed E-state index contributed by atoms with van der Waals surface area (Å²) in [5.41, 5.74) is 1.91. The van der Waals surface area contributed by atoms with Gasteiger partial charge in [-0.2, -0.15) is 0 Å². The smallest absolute Gasteiger partial charge is 0.255 e. The van der Waals surface area contributed by atoms with Crippen LogP contribution in [0.3, 0.4) is 0 Å². The van der Waals surface area contributed by atoms with Gasteiger partial charge in [0.15, 0.2) is 11.5 Å². The van der Waals surface area contributed by atoms with Crippen molar-refractivity contribution < 1.29 is 24.1 Å². The summed E-state index contributed by atoms with van der Waals surface area (Å²) in [6.45, 7) is 0. The second-order valence-electron chi connectivity index (χ2n) is 6.41. The van der Waals surface area contributed by atoms with Gasteiger partial charge in [-0.15, -0.1) is 0 Å². The number of rotatable bonds is 7. The maximum Gasteiger partial charge on any atom is 0.255 e. The van der Waals surface area contributed by atoms with Crippen LogP contribution in [0.2, 0.25) is 5.02 Å². The Balaban J connectivity index is 1.96. The van der Waals surface area contributed by atoms with Crippen LogP contribution in [0.25, 0.3) is 0 Å². The van der Waals surface area contributed by atoms with Crippen molar-refractivity contribution >= 4 is 23.2 Å². The molecule has 0 radical (unpaired) electrons. The monoisotopic (exact) mass is 427 g/mol. The molecule has 1 atom stereocenters. The third-order valence-electron chi connectivity index (χ3n) is 4.60. The van der Waals surface area contributed by atoms with E-state index in [0.29, 0.717) is 44.6 Å². The maximum absolute atomic E-state index is 13.0. The zero-order valence-electron chi connectivity index (χ0n) is 16.8. The lowest BCUT2D eigenvalue weighted by atomic mass is 9.99. The van der Waals surface area contributed by atoms with Gasteiger partial charge >= 0.3 is 0 Å². The highest BCUT2D eigenvalue weighted by Crippen LogP contribution is 2.38. The lowest BCUT2D eigenvalue weighted by molar-refractivity contribution is 0.102. The molecule has 1 unspecified atom stereocenters. The molecule has 156 valence electrons. The fourth-order valence-corrected chi connectivity index (χ4v) is 3.28. The molecule has 0 spiro atoms. The van der Waals surface area contributed by atoms with Crippen LogP contribution in [0.4, 0.5) is 5.69 Å².